The van der Waals surface area contributed by atoms with E-state index in [9.17, 15) is 0 Å². The fourth-order valence-electron chi connectivity index (χ4n) is 2.50. The van der Waals surface area contributed by atoms with Gasteiger partial charge in [0.25, 0.3) is 0 Å². The van der Waals surface area contributed by atoms with E-state index in [2.05, 4.69) is 47.3 Å². The lowest BCUT2D eigenvalue weighted by molar-refractivity contribution is 1.02. The van der Waals surface area contributed by atoms with Gasteiger partial charge in [0, 0.05) is 30.2 Å². The van der Waals surface area contributed by atoms with Crippen molar-refractivity contribution in [2.75, 3.05) is 17.3 Å². The third kappa shape index (κ3) is 3.54. The quantitative estimate of drug-likeness (QED) is 0.742. The lowest BCUT2D eigenvalue weighted by atomic mass is 10.1. The van der Waals surface area contributed by atoms with Crippen molar-refractivity contribution in [3.63, 3.8) is 0 Å². The molecule has 0 saturated heterocycles. The molecule has 0 bridgehead atoms. The normalized spacial score (nSPS) is 10.5. The summed E-state index contributed by atoms with van der Waals surface area (Å²) in [7, 11) is 1.98. The van der Waals surface area contributed by atoms with Gasteiger partial charge in [-0.1, -0.05) is 24.3 Å². The predicted octanol–water partition coefficient (Wildman–Crippen LogP) is 4.91. The van der Waals surface area contributed by atoms with Crippen molar-refractivity contribution in [3.8, 4) is 0 Å². The molecule has 0 saturated carbocycles. The Bertz CT molecular complexity index is 844. The number of hydrogen-bond donors (Lipinski definition) is 1. The van der Waals surface area contributed by atoms with Gasteiger partial charge in [0.1, 0.15) is 5.82 Å². The molecule has 1 N–H and O–H groups in total. The molecular weight excluding hydrogens is 296 g/mol. The number of benzene rings is 2. The van der Waals surface area contributed by atoms with Crippen LogP contribution in [-0.4, -0.2) is 17.0 Å². The Morgan fingerprint density at radius 3 is 2.29 bits per heavy atom. The topological polar surface area (TPSA) is 41.1 Å². The van der Waals surface area contributed by atoms with Crippen LogP contribution in [0.4, 0.5) is 23.1 Å². The number of aromatic nitrogens is 2. The zero-order valence-electron chi connectivity index (χ0n) is 14.5. The second-order valence-corrected chi connectivity index (χ2v) is 6.01. The molecule has 4 nitrogen and oxygen atoms in total. The molecule has 0 amide bonds. The van der Waals surface area contributed by atoms with Crippen LogP contribution in [-0.2, 0) is 0 Å². The molecule has 0 unspecified atom stereocenters. The average Bonchev–Trinajstić information content (AvgIpc) is 2.58. The van der Waals surface area contributed by atoms with Crippen molar-refractivity contribution in [1.29, 1.82) is 0 Å². The highest BCUT2D eigenvalue weighted by molar-refractivity contribution is 5.62. The monoisotopic (exact) mass is 318 g/mol. The molecule has 1 heterocycles. The summed E-state index contributed by atoms with van der Waals surface area (Å²) in [5, 5.41) is 3.38. The molecule has 0 spiro atoms. The fourth-order valence-corrected chi connectivity index (χ4v) is 2.50. The first-order valence-corrected chi connectivity index (χ1v) is 8.01. The van der Waals surface area contributed by atoms with E-state index in [1.54, 1.807) is 0 Å². The van der Waals surface area contributed by atoms with Gasteiger partial charge in [0.15, 0.2) is 0 Å². The summed E-state index contributed by atoms with van der Waals surface area (Å²) in [6.45, 7) is 6.21. The van der Waals surface area contributed by atoms with Gasteiger partial charge in [0.2, 0.25) is 5.95 Å². The molecule has 0 atom stereocenters. The molecule has 3 rings (SSSR count). The number of rotatable bonds is 4. The molecule has 24 heavy (non-hydrogen) atoms. The fraction of sp³-hybridized carbons (Fsp3) is 0.200. The van der Waals surface area contributed by atoms with E-state index in [0.29, 0.717) is 5.95 Å². The van der Waals surface area contributed by atoms with Crippen molar-refractivity contribution in [2.24, 2.45) is 0 Å². The van der Waals surface area contributed by atoms with Gasteiger partial charge < -0.3 is 10.2 Å². The van der Waals surface area contributed by atoms with Crippen LogP contribution >= 0.6 is 0 Å². The molecule has 4 heteroatoms. The Labute approximate surface area is 143 Å². The standard InChI is InChI=1S/C20H22N4/c1-14-10-11-17(12-15(14)2)22-19-13-16(3)21-20(23-19)24(4)18-8-6-5-7-9-18/h5-13H,1-4H3,(H,21,22,23). The number of aryl methyl sites for hydroxylation is 3. The van der Waals surface area contributed by atoms with Crippen LogP contribution in [0.15, 0.2) is 54.6 Å². The number of nitrogens with zero attached hydrogens (tertiary/aromatic N) is 3. The summed E-state index contributed by atoms with van der Waals surface area (Å²) in [4.78, 5) is 11.2. The Morgan fingerprint density at radius 1 is 0.833 bits per heavy atom. The SMILES string of the molecule is Cc1cc(Nc2ccc(C)c(C)c2)nc(N(C)c2ccccc2)n1. The van der Waals surface area contributed by atoms with Crippen LogP contribution in [0.1, 0.15) is 16.8 Å². The molecular formula is C20H22N4. The molecule has 0 aliphatic rings. The van der Waals surface area contributed by atoms with Crippen LogP contribution < -0.4 is 10.2 Å². The lowest BCUT2D eigenvalue weighted by Gasteiger charge is -2.18. The number of nitrogens with one attached hydrogen (secondary N) is 1. The van der Waals surface area contributed by atoms with Gasteiger partial charge >= 0.3 is 0 Å². The largest absolute Gasteiger partial charge is 0.340 e. The lowest BCUT2D eigenvalue weighted by Crippen LogP contribution is -2.14. The number of anilines is 4. The van der Waals surface area contributed by atoms with Gasteiger partial charge in [-0.2, -0.15) is 4.98 Å². The van der Waals surface area contributed by atoms with Gasteiger partial charge in [-0.25, -0.2) is 4.98 Å². The summed E-state index contributed by atoms with van der Waals surface area (Å²) >= 11 is 0. The third-order valence-corrected chi connectivity index (χ3v) is 4.07. The summed E-state index contributed by atoms with van der Waals surface area (Å²) in [5.74, 6) is 1.47. The Morgan fingerprint density at radius 2 is 1.58 bits per heavy atom. The second-order valence-electron chi connectivity index (χ2n) is 6.01. The number of hydrogen-bond acceptors (Lipinski definition) is 4. The van der Waals surface area contributed by atoms with Crippen molar-refractivity contribution in [3.05, 3.63) is 71.4 Å². The van der Waals surface area contributed by atoms with Crippen molar-refractivity contribution >= 4 is 23.1 Å². The highest BCUT2D eigenvalue weighted by atomic mass is 15.2. The van der Waals surface area contributed by atoms with Gasteiger partial charge in [-0.3, -0.25) is 0 Å². The van der Waals surface area contributed by atoms with E-state index in [1.165, 1.54) is 11.1 Å². The van der Waals surface area contributed by atoms with E-state index in [0.717, 1.165) is 22.9 Å². The molecule has 122 valence electrons. The van der Waals surface area contributed by atoms with Crippen LogP contribution in [0.5, 0.6) is 0 Å². The Balaban J connectivity index is 1.90. The summed E-state index contributed by atoms with van der Waals surface area (Å²) in [5.41, 5.74) is 5.55. The van der Waals surface area contributed by atoms with Gasteiger partial charge in [-0.05, 0) is 56.2 Å². The van der Waals surface area contributed by atoms with Gasteiger partial charge in [-0.15, -0.1) is 0 Å². The zero-order chi connectivity index (χ0) is 17.1. The van der Waals surface area contributed by atoms with E-state index in [-0.39, 0.29) is 0 Å². The summed E-state index contributed by atoms with van der Waals surface area (Å²) in [6, 6.07) is 18.4. The maximum atomic E-state index is 4.66. The van der Waals surface area contributed by atoms with E-state index in [4.69, 9.17) is 0 Å². The minimum atomic E-state index is 0.674. The molecule has 0 fully saturated rings. The van der Waals surface area contributed by atoms with E-state index < -0.39 is 0 Å². The van der Waals surface area contributed by atoms with E-state index >= 15 is 0 Å². The van der Waals surface area contributed by atoms with Crippen molar-refractivity contribution in [1.82, 2.24) is 9.97 Å². The summed E-state index contributed by atoms with van der Waals surface area (Å²) < 4.78 is 0. The Kier molecular flexibility index (Phi) is 4.47. The van der Waals surface area contributed by atoms with Crippen LogP contribution in [0, 0.1) is 20.8 Å². The van der Waals surface area contributed by atoms with Crippen LogP contribution in [0.2, 0.25) is 0 Å². The first-order valence-electron chi connectivity index (χ1n) is 8.01. The first-order chi connectivity index (χ1) is 11.5. The average molecular weight is 318 g/mol. The van der Waals surface area contributed by atoms with Crippen LogP contribution in [0.3, 0.4) is 0 Å². The highest BCUT2D eigenvalue weighted by Gasteiger charge is 2.09. The maximum Gasteiger partial charge on any atom is 0.231 e. The van der Waals surface area contributed by atoms with E-state index in [1.807, 2.05) is 55.3 Å². The van der Waals surface area contributed by atoms with Crippen molar-refractivity contribution < 1.29 is 0 Å². The molecule has 0 radical (unpaired) electrons. The first kappa shape index (κ1) is 16.0. The predicted molar refractivity (Wildman–Crippen MR) is 100 cm³/mol. The molecule has 1 aromatic heterocycles. The second kappa shape index (κ2) is 6.71. The maximum absolute atomic E-state index is 4.66. The third-order valence-electron chi connectivity index (χ3n) is 4.07. The molecule has 0 aliphatic carbocycles. The minimum Gasteiger partial charge on any atom is -0.340 e. The molecule has 0 aliphatic heterocycles. The minimum absolute atomic E-state index is 0.674. The molecule has 3 aromatic rings. The highest BCUT2D eigenvalue weighted by Crippen LogP contribution is 2.24. The zero-order valence-corrected chi connectivity index (χ0v) is 14.5. The van der Waals surface area contributed by atoms with Gasteiger partial charge in [0.05, 0.1) is 0 Å². The number of para-hydroxylation sites is 1. The molecule has 2 aromatic carbocycles. The smallest absolute Gasteiger partial charge is 0.231 e. The summed E-state index contributed by atoms with van der Waals surface area (Å²) in [6.07, 6.45) is 0. The Hall–Kier alpha value is -2.88. The van der Waals surface area contributed by atoms with Crippen LogP contribution in [0.25, 0.3) is 0 Å². The van der Waals surface area contributed by atoms with Crippen molar-refractivity contribution in [2.45, 2.75) is 20.8 Å².